The molecule has 3 nitrogen and oxygen atoms in total. The van der Waals surface area contributed by atoms with Crippen molar-refractivity contribution in [3.63, 3.8) is 0 Å². The van der Waals surface area contributed by atoms with Crippen LogP contribution in [0.2, 0.25) is 0 Å². The van der Waals surface area contributed by atoms with Crippen LogP contribution in [0.15, 0.2) is 18.2 Å². The molecule has 1 aliphatic heterocycles. The van der Waals surface area contributed by atoms with E-state index < -0.39 is 11.5 Å². The first kappa shape index (κ1) is 9.55. The molecule has 1 unspecified atom stereocenters. The number of hydrogen-bond acceptors (Lipinski definition) is 3. The predicted molar refractivity (Wildman–Crippen MR) is 48.3 cm³/mol. The lowest BCUT2D eigenvalue weighted by Crippen LogP contribution is -2.30. The van der Waals surface area contributed by atoms with E-state index in [9.17, 15) is 4.39 Å². The Morgan fingerprint density at radius 1 is 1.57 bits per heavy atom. The van der Waals surface area contributed by atoms with Crippen molar-refractivity contribution in [1.82, 2.24) is 4.98 Å². The molecule has 1 saturated heterocycles. The highest BCUT2D eigenvalue weighted by atomic mass is 19.1. The Morgan fingerprint density at radius 3 is 3.00 bits per heavy atom. The number of methoxy groups -OCH3 is 1. The van der Waals surface area contributed by atoms with Gasteiger partial charge < -0.3 is 9.47 Å². The normalized spacial score (nSPS) is 26.7. The van der Waals surface area contributed by atoms with E-state index in [1.54, 1.807) is 19.2 Å². The quantitative estimate of drug-likeness (QED) is 0.673. The molecule has 0 spiro atoms. The highest BCUT2D eigenvalue weighted by Gasteiger charge is 2.38. The fourth-order valence-electron chi connectivity index (χ4n) is 1.68. The second kappa shape index (κ2) is 3.63. The van der Waals surface area contributed by atoms with Crippen molar-refractivity contribution in [2.45, 2.75) is 12.0 Å². The first-order chi connectivity index (χ1) is 6.77. The van der Waals surface area contributed by atoms with E-state index in [1.165, 1.54) is 6.07 Å². The van der Waals surface area contributed by atoms with Crippen molar-refractivity contribution in [1.29, 1.82) is 0 Å². The minimum atomic E-state index is -0.553. The highest BCUT2D eigenvalue weighted by Crippen LogP contribution is 2.32. The molecule has 76 valence electrons. The molecule has 1 aromatic rings. The van der Waals surface area contributed by atoms with Crippen LogP contribution < -0.4 is 0 Å². The molecular formula is C10H12FNO2. The summed E-state index contributed by atoms with van der Waals surface area (Å²) in [5.41, 5.74) is 0.0553. The van der Waals surface area contributed by atoms with E-state index in [2.05, 4.69) is 4.98 Å². The molecule has 0 aromatic carbocycles. The van der Waals surface area contributed by atoms with E-state index in [1.807, 2.05) is 0 Å². The zero-order valence-electron chi connectivity index (χ0n) is 8.00. The SMILES string of the molecule is COC1(c2cccc(F)n2)CCOC1. The van der Waals surface area contributed by atoms with Gasteiger partial charge in [-0.1, -0.05) is 6.07 Å². The van der Waals surface area contributed by atoms with Gasteiger partial charge in [-0.3, -0.25) is 0 Å². The fourth-order valence-corrected chi connectivity index (χ4v) is 1.68. The van der Waals surface area contributed by atoms with E-state index in [0.717, 1.165) is 6.42 Å². The monoisotopic (exact) mass is 197 g/mol. The van der Waals surface area contributed by atoms with Crippen molar-refractivity contribution in [2.24, 2.45) is 0 Å². The number of ether oxygens (including phenoxy) is 2. The number of aromatic nitrogens is 1. The first-order valence-corrected chi connectivity index (χ1v) is 4.53. The molecule has 4 heteroatoms. The van der Waals surface area contributed by atoms with Crippen molar-refractivity contribution >= 4 is 0 Å². The molecule has 0 bridgehead atoms. The second-order valence-corrected chi connectivity index (χ2v) is 3.35. The molecule has 1 aromatic heterocycles. The van der Waals surface area contributed by atoms with Crippen molar-refractivity contribution in [2.75, 3.05) is 20.3 Å². The average molecular weight is 197 g/mol. The molecule has 0 aliphatic carbocycles. The summed E-state index contributed by atoms with van der Waals surface area (Å²) in [6, 6.07) is 4.72. The second-order valence-electron chi connectivity index (χ2n) is 3.35. The van der Waals surface area contributed by atoms with Crippen LogP contribution >= 0.6 is 0 Å². The maximum atomic E-state index is 12.9. The maximum Gasteiger partial charge on any atom is 0.213 e. The van der Waals surface area contributed by atoms with E-state index in [0.29, 0.717) is 18.9 Å². The van der Waals surface area contributed by atoms with Crippen LogP contribution in [0.5, 0.6) is 0 Å². The zero-order chi connectivity index (χ0) is 10.0. The van der Waals surface area contributed by atoms with E-state index in [-0.39, 0.29) is 0 Å². The van der Waals surface area contributed by atoms with Gasteiger partial charge in [0.25, 0.3) is 0 Å². The summed E-state index contributed by atoms with van der Waals surface area (Å²) >= 11 is 0. The largest absolute Gasteiger partial charge is 0.378 e. The highest BCUT2D eigenvalue weighted by molar-refractivity contribution is 5.15. The van der Waals surface area contributed by atoms with Crippen molar-refractivity contribution in [3.05, 3.63) is 29.8 Å². The molecule has 2 heterocycles. The van der Waals surface area contributed by atoms with Gasteiger partial charge >= 0.3 is 0 Å². The minimum absolute atomic E-state index is 0.444. The number of rotatable bonds is 2. The van der Waals surface area contributed by atoms with Gasteiger partial charge in [0.1, 0.15) is 5.60 Å². The Hall–Kier alpha value is -1.00. The number of nitrogens with zero attached hydrogens (tertiary/aromatic N) is 1. The Kier molecular flexibility index (Phi) is 2.48. The number of pyridine rings is 1. The Labute approximate surface area is 81.9 Å². The summed E-state index contributed by atoms with van der Waals surface area (Å²) in [5, 5.41) is 0. The maximum absolute atomic E-state index is 12.9. The molecule has 2 rings (SSSR count). The Morgan fingerprint density at radius 2 is 2.43 bits per heavy atom. The topological polar surface area (TPSA) is 31.4 Å². The van der Waals surface area contributed by atoms with E-state index >= 15 is 0 Å². The van der Waals surface area contributed by atoms with Gasteiger partial charge in [-0.15, -0.1) is 0 Å². The summed E-state index contributed by atoms with van der Waals surface area (Å²) in [6.07, 6.45) is 0.722. The van der Waals surface area contributed by atoms with Crippen LogP contribution in [-0.2, 0) is 15.1 Å². The van der Waals surface area contributed by atoms with Crippen molar-refractivity contribution < 1.29 is 13.9 Å². The van der Waals surface area contributed by atoms with E-state index in [4.69, 9.17) is 9.47 Å². The van der Waals surface area contributed by atoms with Crippen molar-refractivity contribution in [3.8, 4) is 0 Å². The van der Waals surface area contributed by atoms with Gasteiger partial charge in [-0.25, -0.2) is 4.98 Å². The molecule has 0 amide bonds. The standard InChI is InChI=1S/C10H12FNO2/c1-13-10(5-6-14-7-10)8-3-2-4-9(11)12-8/h2-4H,5-7H2,1H3. The molecule has 14 heavy (non-hydrogen) atoms. The smallest absolute Gasteiger partial charge is 0.213 e. The summed E-state index contributed by atoms with van der Waals surface area (Å²) in [5.74, 6) is -0.481. The third-order valence-electron chi connectivity index (χ3n) is 2.56. The first-order valence-electron chi connectivity index (χ1n) is 4.53. The summed E-state index contributed by atoms with van der Waals surface area (Å²) < 4.78 is 23.6. The number of halogens is 1. The lowest BCUT2D eigenvalue weighted by Gasteiger charge is -2.24. The molecule has 0 saturated carbocycles. The van der Waals surface area contributed by atoms with Crippen LogP contribution in [0.25, 0.3) is 0 Å². The predicted octanol–water partition coefficient (Wildman–Crippen LogP) is 1.48. The Bertz CT molecular complexity index is 324. The van der Waals surface area contributed by atoms with Gasteiger partial charge in [0, 0.05) is 20.1 Å². The van der Waals surface area contributed by atoms with Gasteiger partial charge in [0.2, 0.25) is 5.95 Å². The summed E-state index contributed by atoms with van der Waals surface area (Å²) in [6.45, 7) is 1.08. The molecule has 1 aliphatic rings. The van der Waals surface area contributed by atoms with Crippen LogP contribution in [0.1, 0.15) is 12.1 Å². The molecule has 0 N–H and O–H groups in total. The molecule has 0 radical (unpaired) electrons. The summed E-state index contributed by atoms with van der Waals surface area (Å²) in [4.78, 5) is 3.83. The lowest BCUT2D eigenvalue weighted by molar-refractivity contribution is -0.0251. The van der Waals surface area contributed by atoms with Gasteiger partial charge in [-0.2, -0.15) is 4.39 Å². The van der Waals surface area contributed by atoms with Crippen LogP contribution in [-0.4, -0.2) is 25.3 Å². The third kappa shape index (κ3) is 1.51. The lowest BCUT2D eigenvalue weighted by atomic mass is 9.98. The van der Waals surface area contributed by atoms with Crippen LogP contribution in [0, 0.1) is 5.95 Å². The summed E-state index contributed by atoms with van der Waals surface area (Å²) in [7, 11) is 1.60. The average Bonchev–Trinajstić information content (AvgIpc) is 2.67. The molecular weight excluding hydrogens is 185 g/mol. The fraction of sp³-hybridized carbons (Fsp3) is 0.500. The van der Waals surface area contributed by atoms with Gasteiger partial charge in [-0.05, 0) is 12.1 Å². The van der Waals surface area contributed by atoms with Gasteiger partial charge in [0.15, 0.2) is 0 Å². The third-order valence-corrected chi connectivity index (χ3v) is 2.56. The Balaban J connectivity index is 2.35. The van der Waals surface area contributed by atoms with Crippen LogP contribution in [0.3, 0.4) is 0 Å². The van der Waals surface area contributed by atoms with Crippen LogP contribution in [0.4, 0.5) is 4.39 Å². The minimum Gasteiger partial charge on any atom is -0.378 e. The number of hydrogen-bond donors (Lipinski definition) is 0. The zero-order valence-corrected chi connectivity index (χ0v) is 8.00. The molecule has 1 atom stereocenters. The molecule has 1 fully saturated rings. The van der Waals surface area contributed by atoms with Gasteiger partial charge in [0.05, 0.1) is 12.3 Å².